The maximum Gasteiger partial charge on any atom is 0.391 e. The second kappa shape index (κ2) is 5.43. The minimum atomic E-state index is -4.69. The molecule has 0 saturated heterocycles. The number of carbonyl (C=O) groups is 2. The van der Waals surface area contributed by atoms with Gasteiger partial charge in [0, 0.05) is 18.6 Å². The number of pyridine rings is 1. The van der Waals surface area contributed by atoms with E-state index in [2.05, 4.69) is 4.98 Å². The van der Waals surface area contributed by atoms with Crippen molar-refractivity contribution in [2.24, 2.45) is 0 Å². The smallest absolute Gasteiger partial charge is 0.391 e. The van der Waals surface area contributed by atoms with Crippen molar-refractivity contribution in [3.63, 3.8) is 0 Å². The Labute approximate surface area is 116 Å². The first-order chi connectivity index (χ1) is 9.76. The number of nitrogens with one attached hydrogen (secondary N) is 1. The fraction of sp³-hybridized carbons (Fsp3) is 0.250. The van der Waals surface area contributed by atoms with E-state index in [0.29, 0.717) is 5.65 Å². The van der Waals surface area contributed by atoms with Crippen LogP contribution in [0.5, 0.6) is 0 Å². The molecule has 0 saturated carbocycles. The van der Waals surface area contributed by atoms with Gasteiger partial charge >= 0.3 is 12.1 Å². The molecule has 0 aromatic carbocycles. The number of hydrogen-bond acceptors (Lipinski definition) is 3. The minimum absolute atomic E-state index is 0.0360. The molecule has 2 aromatic rings. The molecule has 1 amide bonds. The van der Waals surface area contributed by atoms with Crippen LogP contribution in [-0.4, -0.2) is 38.6 Å². The highest BCUT2D eigenvalue weighted by Gasteiger charge is 2.36. The summed E-state index contributed by atoms with van der Waals surface area (Å²) in [6.07, 6.45) is -1.94. The number of aliphatic carboxylic acids is 1. The largest absolute Gasteiger partial charge is 0.480 e. The van der Waals surface area contributed by atoms with Crippen LogP contribution in [0.1, 0.15) is 16.8 Å². The zero-order valence-electron chi connectivity index (χ0n) is 10.5. The number of hydrogen-bond donors (Lipinski definition) is 2. The number of carbonyl (C=O) groups excluding carboxylic acids is 1. The SMILES string of the molecule is O=C(NC(CC(F)(F)F)C(=O)O)c1ccc2nccn2c1. The Bertz CT molecular complexity index is 681. The normalized spacial score (nSPS) is 13.1. The van der Waals surface area contributed by atoms with Crippen LogP contribution in [-0.2, 0) is 4.79 Å². The summed E-state index contributed by atoms with van der Waals surface area (Å²) < 4.78 is 38.3. The number of amides is 1. The minimum Gasteiger partial charge on any atom is -0.480 e. The number of aromatic nitrogens is 2. The van der Waals surface area contributed by atoms with Crippen LogP contribution in [0.3, 0.4) is 0 Å². The molecule has 0 radical (unpaired) electrons. The molecule has 6 nitrogen and oxygen atoms in total. The zero-order chi connectivity index (χ0) is 15.6. The molecule has 21 heavy (non-hydrogen) atoms. The predicted molar refractivity (Wildman–Crippen MR) is 64.8 cm³/mol. The monoisotopic (exact) mass is 301 g/mol. The molecule has 112 valence electrons. The van der Waals surface area contributed by atoms with Crippen molar-refractivity contribution in [3.8, 4) is 0 Å². The van der Waals surface area contributed by atoms with Crippen molar-refractivity contribution in [1.29, 1.82) is 0 Å². The summed E-state index contributed by atoms with van der Waals surface area (Å²) in [7, 11) is 0. The number of halogens is 3. The average molecular weight is 301 g/mol. The van der Waals surface area contributed by atoms with Crippen LogP contribution in [0.25, 0.3) is 5.65 Å². The van der Waals surface area contributed by atoms with Gasteiger partial charge in [0.2, 0.25) is 0 Å². The van der Waals surface area contributed by atoms with E-state index in [4.69, 9.17) is 5.11 Å². The van der Waals surface area contributed by atoms with E-state index in [1.54, 1.807) is 6.20 Å². The molecule has 2 heterocycles. The van der Waals surface area contributed by atoms with Gasteiger partial charge in [0.25, 0.3) is 5.91 Å². The lowest BCUT2D eigenvalue weighted by Gasteiger charge is -2.16. The van der Waals surface area contributed by atoms with Crippen molar-refractivity contribution >= 4 is 17.5 Å². The number of carboxylic acid groups (broad SMARTS) is 1. The molecule has 2 rings (SSSR count). The van der Waals surface area contributed by atoms with E-state index in [1.807, 2.05) is 5.32 Å². The van der Waals surface area contributed by atoms with Crippen molar-refractivity contribution in [3.05, 3.63) is 36.3 Å². The third kappa shape index (κ3) is 3.71. The van der Waals surface area contributed by atoms with Crippen LogP contribution in [0.4, 0.5) is 13.2 Å². The van der Waals surface area contributed by atoms with Gasteiger partial charge in [0.05, 0.1) is 12.0 Å². The quantitative estimate of drug-likeness (QED) is 0.895. The Hall–Kier alpha value is -2.58. The maximum absolute atomic E-state index is 12.3. The van der Waals surface area contributed by atoms with E-state index in [9.17, 15) is 22.8 Å². The van der Waals surface area contributed by atoms with Gasteiger partial charge in [-0.25, -0.2) is 9.78 Å². The molecule has 9 heteroatoms. The first-order valence-corrected chi connectivity index (χ1v) is 5.79. The standard InChI is InChI=1S/C12H10F3N3O3/c13-12(14,15)5-8(11(20)21)17-10(19)7-1-2-9-16-3-4-18(9)6-7/h1-4,6,8H,5H2,(H,17,19)(H,20,21). The molecule has 0 aliphatic carbocycles. The second-order valence-corrected chi connectivity index (χ2v) is 4.29. The molecule has 0 spiro atoms. The third-order valence-corrected chi connectivity index (χ3v) is 2.69. The Morgan fingerprint density at radius 3 is 2.71 bits per heavy atom. The highest BCUT2D eigenvalue weighted by molar-refractivity contribution is 5.96. The van der Waals surface area contributed by atoms with Gasteiger partial charge in [-0.3, -0.25) is 4.79 Å². The summed E-state index contributed by atoms with van der Waals surface area (Å²) in [5.41, 5.74) is 0.588. The van der Waals surface area contributed by atoms with Crippen molar-refractivity contribution in [2.45, 2.75) is 18.6 Å². The number of fused-ring (bicyclic) bond motifs is 1. The van der Waals surface area contributed by atoms with Crippen LogP contribution in [0.15, 0.2) is 30.7 Å². The molecular weight excluding hydrogens is 291 g/mol. The molecule has 0 fully saturated rings. The van der Waals surface area contributed by atoms with E-state index < -0.39 is 30.5 Å². The number of carboxylic acids is 1. The summed E-state index contributed by atoms with van der Waals surface area (Å²) in [6, 6.07) is 0.814. The predicted octanol–water partition coefficient (Wildman–Crippen LogP) is 1.47. The molecule has 2 N–H and O–H groups in total. The highest BCUT2D eigenvalue weighted by atomic mass is 19.4. The van der Waals surface area contributed by atoms with Crippen LogP contribution < -0.4 is 5.32 Å². The molecule has 0 aliphatic heterocycles. The fourth-order valence-electron chi connectivity index (χ4n) is 1.73. The lowest BCUT2D eigenvalue weighted by atomic mass is 10.2. The molecule has 0 aliphatic rings. The van der Waals surface area contributed by atoms with Gasteiger partial charge in [-0.15, -0.1) is 0 Å². The summed E-state index contributed by atoms with van der Waals surface area (Å²) in [4.78, 5) is 26.6. The summed E-state index contributed by atoms with van der Waals surface area (Å²) in [5.74, 6) is -2.65. The van der Waals surface area contributed by atoms with E-state index >= 15 is 0 Å². The summed E-state index contributed by atoms with van der Waals surface area (Å²) >= 11 is 0. The van der Waals surface area contributed by atoms with Crippen molar-refractivity contribution in [1.82, 2.24) is 14.7 Å². The lowest BCUT2D eigenvalue weighted by molar-refractivity contribution is -0.157. The average Bonchev–Trinajstić information content (AvgIpc) is 2.83. The van der Waals surface area contributed by atoms with Crippen LogP contribution >= 0.6 is 0 Å². The molecule has 2 aromatic heterocycles. The van der Waals surface area contributed by atoms with Gasteiger partial charge in [-0.2, -0.15) is 13.2 Å². The Kier molecular flexibility index (Phi) is 3.83. The number of nitrogens with zero attached hydrogens (tertiary/aromatic N) is 2. The van der Waals surface area contributed by atoms with E-state index in [1.165, 1.54) is 28.9 Å². The number of alkyl halides is 3. The lowest BCUT2D eigenvalue weighted by Crippen LogP contribution is -2.43. The number of imidazole rings is 1. The van der Waals surface area contributed by atoms with Gasteiger partial charge in [-0.05, 0) is 12.1 Å². The molecule has 1 unspecified atom stereocenters. The van der Waals surface area contributed by atoms with E-state index in [-0.39, 0.29) is 5.56 Å². The third-order valence-electron chi connectivity index (χ3n) is 2.69. The maximum atomic E-state index is 12.3. The highest BCUT2D eigenvalue weighted by Crippen LogP contribution is 2.21. The van der Waals surface area contributed by atoms with Crippen LogP contribution in [0.2, 0.25) is 0 Å². The topological polar surface area (TPSA) is 83.7 Å². The van der Waals surface area contributed by atoms with Crippen LogP contribution in [0, 0.1) is 0 Å². The summed E-state index contributed by atoms with van der Waals surface area (Å²) in [5, 5.41) is 10.6. The van der Waals surface area contributed by atoms with Crippen molar-refractivity contribution in [2.75, 3.05) is 0 Å². The Morgan fingerprint density at radius 2 is 2.10 bits per heavy atom. The summed E-state index contributed by atoms with van der Waals surface area (Å²) in [6.45, 7) is 0. The van der Waals surface area contributed by atoms with E-state index in [0.717, 1.165) is 0 Å². The first kappa shape index (κ1) is 14.8. The fourth-order valence-corrected chi connectivity index (χ4v) is 1.73. The second-order valence-electron chi connectivity index (χ2n) is 4.29. The Balaban J connectivity index is 2.16. The molecular formula is C12H10F3N3O3. The van der Waals surface area contributed by atoms with Gasteiger partial charge in [0.1, 0.15) is 11.7 Å². The first-order valence-electron chi connectivity index (χ1n) is 5.79. The van der Waals surface area contributed by atoms with Crippen molar-refractivity contribution < 1.29 is 27.9 Å². The van der Waals surface area contributed by atoms with Gasteiger partial charge in [0.15, 0.2) is 0 Å². The zero-order valence-corrected chi connectivity index (χ0v) is 10.5. The number of rotatable bonds is 4. The Morgan fingerprint density at radius 1 is 1.38 bits per heavy atom. The molecule has 0 bridgehead atoms. The van der Waals surface area contributed by atoms with Gasteiger partial charge < -0.3 is 14.8 Å². The van der Waals surface area contributed by atoms with Gasteiger partial charge in [-0.1, -0.05) is 0 Å². The molecule has 1 atom stereocenters.